The Morgan fingerprint density at radius 2 is 2.00 bits per heavy atom. The van der Waals surface area contributed by atoms with Gasteiger partial charge in [-0.15, -0.1) is 0 Å². The Bertz CT molecular complexity index is 1100. The summed E-state index contributed by atoms with van der Waals surface area (Å²) in [4.78, 5) is 6.18. The van der Waals surface area contributed by atoms with Gasteiger partial charge in [-0.25, -0.2) is 0 Å². The Morgan fingerprint density at radius 3 is 2.80 bits per heavy atom. The number of likely N-dealkylation sites (tertiary alicyclic amines) is 1. The molecule has 30 heavy (non-hydrogen) atoms. The molecule has 3 aromatic rings. The van der Waals surface area contributed by atoms with Gasteiger partial charge in [0.25, 0.3) is 0 Å². The van der Waals surface area contributed by atoms with Crippen molar-refractivity contribution in [3.8, 4) is 17.6 Å². The van der Waals surface area contributed by atoms with E-state index in [9.17, 15) is 0 Å². The molecule has 1 unspecified atom stereocenters. The van der Waals surface area contributed by atoms with Gasteiger partial charge in [0.15, 0.2) is 0 Å². The van der Waals surface area contributed by atoms with Crippen LogP contribution in [0, 0.1) is 11.3 Å². The van der Waals surface area contributed by atoms with E-state index in [-0.39, 0.29) is 5.54 Å². The highest BCUT2D eigenvalue weighted by Crippen LogP contribution is 2.40. The molecule has 2 N–H and O–H groups in total. The van der Waals surface area contributed by atoms with Gasteiger partial charge in [-0.05, 0) is 60.9 Å². The molecule has 154 valence electrons. The molecule has 2 aliphatic rings. The van der Waals surface area contributed by atoms with Crippen molar-refractivity contribution in [3.63, 3.8) is 0 Å². The van der Waals surface area contributed by atoms with Crippen molar-refractivity contribution >= 4 is 10.9 Å². The zero-order valence-corrected chi connectivity index (χ0v) is 17.2. The minimum atomic E-state index is -0.0196. The average molecular weight is 402 g/mol. The number of H-pyrrole nitrogens is 1. The molecule has 1 saturated heterocycles. The molecule has 6 heteroatoms. The summed E-state index contributed by atoms with van der Waals surface area (Å²) in [6, 6.07) is 15.7. The highest BCUT2D eigenvalue weighted by Gasteiger charge is 2.43. The van der Waals surface area contributed by atoms with Crippen molar-refractivity contribution in [2.24, 2.45) is 0 Å². The number of aromatic amines is 1. The van der Waals surface area contributed by atoms with Gasteiger partial charge in [0.1, 0.15) is 18.1 Å². The van der Waals surface area contributed by atoms with E-state index in [0.29, 0.717) is 12.2 Å². The molecule has 1 spiro atoms. The molecule has 0 bridgehead atoms. The van der Waals surface area contributed by atoms with Gasteiger partial charge in [0, 0.05) is 42.8 Å². The summed E-state index contributed by atoms with van der Waals surface area (Å²) in [5.74, 6) is 1.72. The summed E-state index contributed by atoms with van der Waals surface area (Å²) in [6.07, 6.45) is 2.12. The highest BCUT2D eigenvalue weighted by molar-refractivity contribution is 5.86. The maximum Gasteiger partial charge on any atom is 0.119 e. The van der Waals surface area contributed by atoms with Gasteiger partial charge in [-0.3, -0.25) is 4.90 Å². The average Bonchev–Trinajstić information content (AvgIpc) is 3.37. The predicted octanol–water partition coefficient (Wildman–Crippen LogP) is 3.17. The summed E-state index contributed by atoms with van der Waals surface area (Å²) in [7, 11) is 1.72. The van der Waals surface area contributed by atoms with Crippen LogP contribution in [0.2, 0.25) is 0 Å². The minimum absolute atomic E-state index is 0.0196. The number of benzene rings is 2. The Hall–Kier alpha value is -3.01. The molecule has 1 aromatic heterocycles. The molecule has 0 saturated carbocycles. The lowest BCUT2D eigenvalue weighted by molar-refractivity contribution is 0.218. The molecule has 6 nitrogen and oxygen atoms in total. The molecule has 1 atom stereocenters. The molecule has 5 rings (SSSR count). The van der Waals surface area contributed by atoms with Crippen molar-refractivity contribution in [1.82, 2.24) is 15.2 Å². The Kier molecular flexibility index (Phi) is 4.86. The molecule has 2 aromatic carbocycles. The normalized spacial score (nSPS) is 20.9. The van der Waals surface area contributed by atoms with Gasteiger partial charge in [0.2, 0.25) is 0 Å². The van der Waals surface area contributed by atoms with E-state index in [0.717, 1.165) is 50.5 Å². The maximum absolute atomic E-state index is 8.90. The molecular weight excluding hydrogens is 376 g/mol. The SMILES string of the molecule is COc1ccc2[nH]c3c(c2c1)CCNC31CCN(CCOc2ccc(C#N)cc2)C1. The van der Waals surface area contributed by atoms with Crippen LogP contribution in [-0.4, -0.2) is 49.8 Å². The Balaban J connectivity index is 1.28. The van der Waals surface area contributed by atoms with Crippen molar-refractivity contribution < 1.29 is 9.47 Å². The van der Waals surface area contributed by atoms with Crippen LogP contribution in [0.15, 0.2) is 42.5 Å². The number of ether oxygens (including phenoxy) is 2. The maximum atomic E-state index is 8.90. The number of methoxy groups -OCH3 is 1. The summed E-state index contributed by atoms with van der Waals surface area (Å²) in [5.41, 5.74) is 4.59. The van der Waals surface area contributed by atoms with Crippen LogP contribution in [0.25, 0.3) is 10.9 Å². The van der Waals surface area contributed by atoms with Crippen LogP contribution in [0.5, 0.6) is 11.5 Å². The summed E-state index contributed by atoms with van der Waals surface area (Å²) in [6.45, 7) is 4.53. The lowest BCUT2D eigenvalue weighted by Gasteiger charge is -2.35. The van der Waals surface area contributed by atoms with E-state index in [1.54, 1.807) is 19.2 Å². The predicted molar refractivity (Wildman–Crippen MR) is 116 cm³/mol. The number of nitrogens with one attached hydrogen (secondary N) is 2. The van der Waals surface area contributed by atoms with Crippen LogP contribution < -0.4 is 14.8 Å². The number of nitrogens with zero attached hydrogens (tertiary/aromatic N) is 2. The van der Waals surface area contributed by atoms with Crippen LogP contribution in [0.1, 0.15) is 23.2 Å². The van der Waals surface area contributed by atoms with Gasteiger partial charge >= 0.3 is 0 Å². The van der Waals surface area contributed by atoms with E-state index < -0.39 is 0 Å². The minimum Gasteiger partial charge on any atom is -0.497 e. The zero-order valence-electron chi connectivity index (χ0n) is 17.2. The molecule has 2 aliphatic heterocycles. The van der Waals surface area contributed by atoms with E-state index in [2.05, 4.69) is 33.4 Å². The van der Waals surface area contributed by atoms with Gasteiger partial charge in [0.05, 0.1) is 24.3 Å². The Morgan fingerprint density at radius 1 is 1.17 bits per heavy atom. The number of nitriles is 1. The lowest BCUT2D eigenvalue weighted by atomic mass is 9.86. The first-order valence-electron chi connectivity index (χ1n) is 10.5. The Labute approximate surface area is 176 Å². The van der Waals surface area contributed by atoms with E-state index in [1.807, 2.05) is 18.2 Å². The fourth-order valence-corrected chi connectivity index (χ4v) is 4.88. The van der Waals surface area contributed by atoms with Gasteiger partial charge in [-0.1, -0.05) is 0 Å². The highest BCUT2D eigenvalue weighted by atomic mass is 16.5. The fraction of sp³-hybridized carbons (Fsp3) is 0.375. The molecule has 0 radical (unpaired) electrons. The molecule has 1 fully saturated rings. The second-order valence-electron chi connectivity index (χ2n) is 8.16. The van der Waals surface area contributed by atoms with Crippen molar-refractivity contribution in [1.29, 1.82) is 5.26 Å². The zero-order chi connectivity index (χ0) is 20.6. The van der Waals surface area contributed by atoms with Crippen molar-refractivity contribution in [3.05, 3.63) is 59.3 Å². The standard InChI is InChI=1S/C24H26N4O2/c1-29-19-6-7-22-21(14-19)20-8-10-26-24(23(20)27-22)9-11-28(16-24)12-13-30-18-4-2-17(15-25)3-5-18/h2-7,14,26-27H,8-13,16H2,1H3. The van der Waals surface area contributed by atoms with E-state index in [4.69, 9.17) is 14.7 Å². The number of fused-ring (bicyclic) bond motifs is 4. The molecule has 0 amide bonds. The molecular formula is C24H26N4O2. The first-order chi connectivity index (χ1) is 14.7. The fourth-order valence-electron chi connectivity index (χ4n) is 4.88. The van der Waals surface area contributed by atoms with Crippen molar-refractivity contribution in [2.75, 3.05) is 39.9 Å². The van der Waals surface area contributed by atoms with Crippen molar-refractivity contribution in [2.45, 2.75) is 18.4 Å². The number of hydrogen-bond donors (Lipinski definition) is 2. The third-order valence-corrected chi connectivity index (χ3v) is 6.44. The summed E-state index contributed by atoms with van der Waals surface area (Å²) < 4.78 is 11.3. The van der Waals surface area contributed by atoms with Crippen LogP contribution in [0.4, 0.5) is 0 Å². The first-order valence-corrected chi connectivity index (χ1v) is 10.5. The number of hydrogen-bond acceptors (Lipinski definition) is 5. The third-order valence-electron chi connectivity index (χ3n) is 6.44. The quantitative estimate of drug-likeness (QED) is 0.686. The van der Waals surface area contributed by atoms with E-state index in [1.165, 1.54) is 22.2 Å². The molecule has 3 heterocycles. The van der Waals surface area contributed by atoms with Crippen LogP contribution in [-0.2, 0) is 12.0 Å². The third kappa shape index (κ3) is 3.30. The largest absolute Gasteiger partial charge is 0.497 e. The topological polar surface area (TPSA) is 73.3 Å². The van der Waals surface area contributed by atoms with Crippen LogP contribution >= 0.6 is 0 Å². The second-order valence-corrected chi connectivity index (χ2v) is 8.16. The second kappa shape index (κ2) is 7.67. The van der Waals surface area contributed by atoms with Gasteiger partial charge in [-0.2, -0.15) is 5.26 Å². The molecule has 0 aliphatic carbocycles. The lowest BCUT2D eigenvalue weighted by Crippen LogP contribution is -2.49. The van der Waals surface area contributed by atoms with E-state index >= 15 is 0 Å². The van der Waals surface area contributed by atoms with Crippen LogP contribution in [0.3, 0.4) is 0 Å². The summed E-state index contributed by atoms with van der Waals surface area (Å²) in [5, 5.41) is 14.0. The monoisotopic (exact) mass is 402 g/mol. The smallest absolute Gasteiger partial charge is 0.119 e. The first kappa shape index (κ1) is 19.0. The van der Waals surface area contributed by atoms with Gasteiger partial charge < -0.3 is 19.8 Å². The summed E-state index contributed by atoms with van der Waals surface area (Å²) >= 11 is 0. The number of aromatic nitrogens is 1. The number of rotatable bonds is 5.